The Morgan fingerprint density at radius 3 is 2.62 bits per heavy atom. The summed E-state index contributed by atoms with van der Waals surface area (Å²) in [5, 5.41) is 3.26. The van der Waals surface area contributed by atoms with E-state index in [9.17, 15) is 17.8 Å². The van der Waals surface area contributed by atoms with E-state index in [-0.39, 0.29) is 22.9 Å². The van der Waals surface area contributed by atoms with Gasteiger partial charge in [0.25, 0.3) is 16.0 Å². The highest BCUT2D eigenvalue weighted by Gasteiger charge is 2.43. The van der Waals surface area contributed by atoms with Crippen LogP contribution in [-0.2, 0) is 16.5 Å². The first-order valence-corrected chi connectivity index (χ1v) is 12.6. The SMILES string of the molecule is Cc1ccc(S(=O)(=O)O)cc1CC1C(NC(=O)c2ccc(Br)s2)C2CCN1CC2. The number of hydrogen-bond donors (Lipinski definition) is 2. The molecule has 0 aliphatic carbocycles. The molecule has 4 heterocycles. The summed E-state index contributed by atoms with van der Waals surface area (Å²) in [4.78, 5) is 15.8. The summed E-state index contributed by atoms with van der Waals surface area (Å²) in [5.41, 5.74) is 1.86. The van der Waals surface area contributed by atoms with Crippen molar-refractivity contribution >= 4 is 43.3 Å². The highest BCUT2D eigenvalue weighted by molar-refractivity contribution is 9.11. The number of thiophene rings is 1. The van der Waals surface area contributed by atoms with E-state index in [2.05, 4.69) is 26.1 Å². The highest BCUT2D eigenvalue weighted by atomic mass is 79.9. The van der Waals surface area contributed by atoms with E-state index in [1.807, 2.05) is 19.1 Å². The van der Waals surface area contributed by atoms with Gasteiger partial charge in [0, 0.05) is 12.1 Å². The molecule has 2 N–H and O–H groups in total. The third-order valence-electron chi connectivity index (χ3n) is 6.11. The Labute approximate surface area is 183 Å². The zero-order valence-corrected chi connectivity index (χ0v) is 19.2. The maximum atomic E-state index is 12.8. The summed E-state index contributed by atoms with van der Waals surface area (Å²) in [5.74, 6) is 0.357. The third-order valence-corrected chi connectivity index (χ3v) is 8.58. The monoisotopic (exact) mass is 498 g/mol. The number of carbonyl (C=O) groups excluding carboxylic acids is 1. The molecule has 2 unspecified atom stereocenters. The number of nitrogens with one attached hydrogen (secondary N) is 1. The molecule has 6 nitrogen and oxygen atoms in total. The van der Waals surface area contributed by atoms with Gasteiger partial charge in [0.2, 0.25) is 0 Å². The van der Waals surface area contributed by atoms with Crippen molar-refractivity contribution in [2.75, 3.05) is 13.1 Å². The largest absolute Gasteiger partial charge is 0.347 e. The molecule has 0 spiro atoms. The van der Waals surface area contributed by atoms with Gasteiger partial charge in [-0.2, -0.15) is 8.42 Å². The average Bonchev–Trinajstić information content (AvgIpc) is 3.11. The Balaban J connectivity index is 1.60. The van der Waals surface area contributed by atoms with Crippen molar-refractivity contribution in [3.05, 3.63) is 50.1 Å². The first-order valence-electron chi connectivity index (χ1n) is 9.59. The number of piperidine rings is 3. The van der Waals surface area contributed by atoms with Gasteiger partial charge in [0.05, 0.1) is 13.6 Å². The summed E-state index contributed by atoms with van der Waals surface area (Å²) in [6.45, 7) is 3.92. The lowest BCUT2D eigenvalue weighted by molar-refractivity contribution is 0.0136. The van der Waals surface area contributed by atoms with Crippen LogP contribution in [-0.4, -0.2) is 49.0 Å². The van der Waals surface area contributed by atoms with Gasteiger partial charge in [-0.1, -0.05) is 6.07 Å². The summed E-state index contributed by atoms with van der Waals surface area (Å²) >= 11 is 4.82. The molecule has 2 aromatic rings. The molecule has 2 bridgehead atoms. The smallest absolute Gasteiger partial charge is 0.294 e. The van der Waals surface area contributed by atoms with Gasteiger partial charge >= 0.3 is 0 Å². The lowest BCUT2D eigenvalue weighted by Crippen LogP contribution is -2.64. The second kappa shape index (κ2) is 8.11. The predicted octanol–water partition coefficient (Wildman–Crippen LogP) is 3.50. The van der Waals surface area contributed by atoms with Gasteiger partial charge in [0.1, 0.15) is 0 Å². The summed E-state index contributed by atoms with van der Waals surface area (Å²) in [6.07, 6.45) is 2.74. The Kier molecular flexibility index (Phi) is 5.87. The third kappa shape index (κ3) is 4.44. The molecule has 0 saturated carbocycles. The van der Waals surface area contributed by atoms with Gasteiger partial charge in [-0.3, -0.25) is 14.2 Å². The van der Waals surface area contributed by atoms with Crippen LogP contribution in [0, 0.1) is 12.8 Å². The van der Waals surface area contributed by atoms with Crippen LogP contribution in [0.25, 0.3) is 0 Å². The molecule has 1 aromatic carbocycles. The molecule has 3 aliphatic rings. The predicted molar refractivity (Wildman–Crippen MR) is 116 cm³/mol. The van der Waals surface area contributed by atoms with Crippen LogP contribution in [0.2, 0.25) is 0 Å². The number of halogens is 1. The van der Waals surface area contributed by atoms with Crippen LogP contribution < -0.4 is 5.32 Å². The van der Waals surface area contributed by atoms with Crippen LogP contribution in [0.4, 0.5) is 0 Å². The number of nitrogens with zero attached hydrogens (tertiary/aromatic N) is 1. The van der Waals surface area contributed by atoms with E-state index in [0.29, 0.717) is 17.2 Å². The van der Waals surface area contributed by atoms with E-state index in [0.717, 1.165) is 40.8 Å². The van der Waals surface area contributed by atoms with Crippen molar-refractivity contribution in [1.29, 1.82) is 0 Å². The first kappa shape index (κ1) is 21.0. The molecular weight excluding hydrogens is 476 g/mol. The normalized spacial score (nSPS) is 26.4. The number of amides is 1. The molecule has 156 valence electrons. The molecule has 0 radical (unpaired) electrons. The standard InChI is InChI=1S/C20H23BrN2O4S2/c1-12-2-3-15(29(25,26)27)10-14(12)11-16-19(13-6-8-23(16)9-7-13)22-20(24)17-4-5-18(21)28-17/h2-5,10,13,16,19H,6-9,11H2,1H3,(H,22,24)(H,25,26,27). The summed E-state index contributed by atoms with van der Waals surface area (Å²) in [7, 11) is -4.25. The minimum absolute atomic E-state index is 0.0136. The van der Waals surface area contributed by atoms with Crippen molar-refractivity contribution < 1.29 is 17.8 Å². The van der Waals surface area contributed by atoms with Crippen LogP contribution >= 0.6 is 27.3 Å². The highest BCUT2D eigenvalue weighted by Crippen LogP contribution is 2.35. The zero-order chi connectivity index (χ0) is 20.8. The van der Waals surface area contributed by atoms with E-state index in [4.69, 9.17) is 0 Å². The molecule has 3 saturated heterocycles. The fourth-order valence-electron chi connectivity index (χ4n) is 4.53. The quantitative estimate of drug-likeness (QED) is 0.616. The molecule has 9 heteroatoms. The van der Waals surface area contributed by atoms with Gasteiger partial charge in [-0.15, -0.1) is 11.3 Å². The number of rotatable bonds is 5. The van der Waals surface area contributed by atoms with Crippen molar-refractivity contribution in [3.8, 4) is 0 Å². The maximum absolute atomic E-state index is 12.8. The number of carbonyl (C=O) groups is 1. The molecular formula is C20H23BrN2O4S2. The Morgan fingerprint density at radius 2 is 2.00 bits per heavy atom. The number of benzene rings is 1. The first-order chi connectivity index (χ1) is 13.7. The number of aryl methyl sites for hydroxylation is 1. The van der Waals surface area contributed by atoms with Crippen LogP contribution in [0.5, 0.6) is 0 Å². The van der Waals surface area contributed by atoms with Crippen molar-refractivity contribution in [2.24, 2.45) is 5.92 Å². The van der Waals surface area contributed by atoms with Crippen molar-refractivity contribution in [3.63, 3.8) is 0 Å². The lowest BCUT2D eigenvalue weighted by Gasteiger charge is -2.51. The topological polar surface area (TPSA) is 86.7 Å². The maximum Gasteiger partial charge on any atom is 0.294 e. The fourth-order valence-corrected chi connectivity index (χ4v) is 6.35. The Bertz CT molecular complexity index is 1030. The van der Waals surface area contributed by atoms with E-state index in [1.54, 1.807) is 12.1 Å². The fraction of sp³-hybridized carbons (Fsp3) is 0.450. The average molecular weight is 499 g/mol. The minimum Gasteiger partial charge on any atom is -0.347 e. The minimum atomic E-state index is -4.25. The van der Waals surface area contributed by atoms with Crippen molar-refractivity contribution in [1.82, 2.24) is 10.2 Å². The van der Waals surface area contributed by atoms with Crippen LogP contribution in [0.15, 0.2) is 39.0 Å². The number of hydrogen-bond acceptors (Lipinski definition) is 5. The molecule has 1 aromatic heterocycles. The van der Waals surface area contributed by atoms with Crippen LogP contribution in [0.1, 0.15) is 33.6 Å². The molecule has 29 heavy (non-hydrogen) atoms. The van der Waals surface area contributed by atoms with Gasteiger partial charge < -0.3 is 5.32 Å². The Hall–Kier alpha value is -1.26. The molecule has 5 rings (SSSR count). The van der Waals surface area contributed by atoms with E-state index >= 15 is 0 Å². The second-order valence-electron chi connectivity index (χ2n) is 7.81. The lowest BCUT2D eigenvalue weighted by atomic mass is 9.76. The van der Waals surface area contributed by atoms with Gasteiger partial charge in [-0.05, 0) is 96.5 Å². The van der Waals surface area contributed by atoms with Gasteiger partial charge in [-0.25, -0.2) is 0 Å². The van der Waals surface area contributed by atoms with Crippen molar-refractivity contribution in [2.45, 2.75) is 43.2 Å². The van der Waals surface area contributed by atoms with E-state index < -0.39 is 10.1 Å². The zero-order valence-electron chi connectivity index (χ0n) is 16.0. The van der Waals surface area contributed by atoms with E-state index in [1.165, 1.54) is 17.4 Å². The molecule has 3 fully saturated rings. The molecule has 3 aliphatic heterocycles. The van der Waals surface area contributed by atoms with Gasteiger partial charge in [0.15, 0.2) is 0 Å². The number of fused-ring (bicyclic) bond motifs is 3. The molecule has 2 atom stereocenters. The van der Waals surface area contributed by atoms with Crippen LogP contribution in [0.3, 0.4) is 0 Å². The Morgan fingerprint density at radius 1 is 1.28 bits per heavy atom. The molecule has 1 amide bonds. The second-order valence-corrected chi connectivity index (χ2v) is 11.7. The summed E-state index contributed by atoms with van der Waals surface area (Å²) < 4.78 is 33.5. The summed E-state index contributed by atoms with van der Waals surface area (Å²) in [6, 6.07) is 8.52.